The van der Waals surface area contributed by atoms with Gasteiger partial charge in [0.25, 0.3) is 0 Å². The number of nitrogens with zero attached hydrogens (tertiary/aromatic N) is 1. The highest BCUT2D eigenvalue weighted by Gasteiger charge is 2.28. The Hall–Kier alpha value is -2.27. The highest BCUT2D eigenvalue weighted by molar-refractivity contribution is 7.99. The summed E-state index contributed by atoms with van der Waals surface area (Å²) < 4.78 is 0. The van der Waals surface area contributed by atoms with Gasteiger partial charge in [0.05, 0.1) is 5.75 Å². The molecule has 2 aromatic carbocycles. The van der Waals surface area contributed by atoms with Crippen LogP contribution in [0.5, 0.6) is 0 Å². The van der Waals surface area contributed by atoms with Gasteiger partial charge in [-0.3, -0.25) is 9.59 Å². The van der Waals surface area contributed by atoms with Gasteiger partial charge in [0.15, 0.2) is 0 Å². The molecule has 0 heterocycles. The zero-order valence-electron chi connectivity index (χ0n) is 20.2. The maximum atomic E-state index is 13.3. The predicted molar refractivity (Wildman–Crippen MR) is 136 cm³/mol. The molecule has 0 fully saturated rings. The third-order valence-electron chi connectivity index (χ3n) is 5.46. The van der Waals surface area contributed by atoms with Crippen LogP contribution in [0.15, 0.2) is 42.5 Å². The van der Waals surface area contributed by atoms with E-state index in [0.717, 1.165) is 24.2 Å². The predicted octanol–water partition coefficient (Wildman–Crippen LogP) is 5.57. The second-order valence-electron chi connectivity index (χ2n) is 8.56. The lowest BCUT2D eigenvalue weighted by Gasteiger charge is -2.30. The summed E-state index contributed by atoms with van der Waals surface area (Å²) in [6.07, 6.45) is 2.56. The highest BCUT2D eigenvalue weighted by Crippen LogP contribution is 2.19. The van der Waals surface area contributed by atoms with Gasteiger partial charge in [0.1, 0.15) is 6.04 Å². The molecule has 0 bridgehead atoms. The van der Waals surface area contributed by atoms with Crippen molar-refractivity contribution in [1.29, 1.82) is 0 Å². The molecule has 0 radical (unpaired) electrons. The monoisotopic (exact) mass is 454 g/mol. The van der Waals surface area contributed by atoms with Crippen molar-refractivity contribution in [3.8, 4) is 0 Å². The van der Waals surface area contributed by atoms with Gasteiger partial charge < -0.3 is 10.2 Å². The van der Waals surface area contributed by atoms with E-state index in [0.29, 0.717) is 25.3 Å². The van der Waals surface area contributed by atoms with Gasteiger partial charge in [-0.25, -0.2) is 0 Å². The number of benzene rings is 2. The zero-order chi connectivity index (χ0) is 23.5. The van der Waals surface area contributed by atoms with Gasteiger partial charge in [-0.2, -0.15) is 0 Å². The van der Waals surface area contributed by atoms with Crippen molar-refractivity contribution in [2.45, 2.75) is 72.2 Å². The number of hydrogen-bond donors (Lipinski definition) is 1. The van der Waals surface area contributed by atoms with Crippen molar-refractivity contribution in [2.24, 2.45) is 0 Å². The maximum absolute atomic E-state index is 13.3. The van der Waals surface area contributed by atoms with Crippen molar-refractivity contribution in [3.63, 3.8) is 0 Å². The van der Waals surface area contributed by atoms with Crippen LogP contribution in [0, 0.1) is 20.8 Å². The Kier molecular flexibility index (Phi) is 10.8. The highest BCUT2D eigenvalue weighted by atomic mass is 32.2. The van der Waals surface area contributed by atoms with Crippen LogP contribution in [-0.4, -0.2) is 35.1 Å². The molecule has 32 heavy (non-hydrogen) atoms. The molecule has 0 aromatic heterocycles. The average Bonchev–Trinajstić information content (AvgIpc) is 2.74. The molecule has 0 aliphatic carbocycles. The van der Waals surface area contributed by atoms with E-state index >= 15 is 0 Å². The van der Waals surface area contributed by atoms with Crippen LogP contribution >= 0.6 is 11.8 Å². The van der Waals surface area contributed by atoms with Crippen LogP contribution < -0.4 is 5.32 Å². The first-order valence-corrected chi connectivity index (χ1v) is 12.8. The number of aryl methyl sites for hydroxylation is 3. The van der Waals surface area contributed by atoms with E-state index in [1.54, 1.807) is 16.7 Å². The molecule has 5 heteroatoms. The SMILES string of the molecule is CCCCNC(=O)[C@H](CC)N(Cc1ccc(C)cc1)C(=O)CSCc1cc(C)cc(C)c1. The Morgan fingerprint density at radius 1 is 0.938 bits per heavy atom. The van der Waals surface area contributed by atoms with Crippen molar-refractivity contribution >= 4 is 23.6 Å². The average molecular weight is 455 g/mol. The molecule has 2 amide bonds. The van der Waals surface area contributed by atoms with Crippen LogP contribution in [0.4, 0.5) is 0 Å². The fourth-order valence-corrected chi connectivity index (χ4v) is 4.65. The standard InChI is InChI=1S/C27H38N2O2S/c1-6-8-13-28-27(31)25(7-2)29(17-23-11-9-20(3)10-12-23)26(30)19-32-18-24-15-21(4)14-22(5)16-24/h9-12,14-16,25H,6-8,13,17-19H2,1-5H3,(H,28,31)/t25-/m0/s1. The number of amides is 2. The minimum absolute atomic E-state index is 0.0115. The van der Waals surface area contributed by atoms with Crippen molar-refractivity contribution in [1.82, 2.24) is 10.2 Å². The van der Waals surface area contributed by atoms with E-state index in [9.17, 15) is 9.59 Å². The first-order valence-electron chi connectivity index (χ1n) is 11.6. The summed E-state index contributed by atoms with van der Waals surface area (Å²) in [5, 5.41) is 3.02. The van der Waals surface area contributed by atoms with E-state index in [1.807, 2.05) is 26.0 Å². The molecule has 174 valence electrons. The molecule has 0 aliphatic rings. The molecule has 1 N–H and O–H groups in total. The summed E-state index contributed by atoms with van der Waals surface area (Å²) in [5.74, 6) is 1.10. The van der Waals surface area contributed by atoms with Crippen LogP contribution in [0.25, 0.3) is 0 Å². The lowest BCUT2D eigenvalue weighted by atomic mass is 10.1. The second-order valence-corrected chi connectivity index (χ2v) is 9.55. The summed E-state index contributed by atoms with van der Waals surface area (Å²) in [4.78, 5) is 28.0. The van der Waals surface area contributed by atoms with Crippen LogP contribution in [0.3, 0.4) is 0 Å². The van der Waals surface area contributed by atoms with E-state index < -0.39 is 6.04 Å². The lowest BCUT2D eigenvalue weighted by Crippen LogP contribution is -2.49. The Balaban J connectivity index is 2.11. The van der Waals surface area contributed by atoms with Gasteiger partial charge in [0, 0.05) is 18.8 Å². The zero-order valence-corrected chi connectivity index (χ0v) is 21.1. The lowest BCUT2D eigenvalue weighted by molar-refractivity contribution is -0.139. The van der Waals surface area contributed by atoms with Gasteiger partial charge in [0.2, 0.25) is 11.8 Å². The maximum Gasteiger partial charge on any atom is 0.242 e. The van der Waals surface area contributed by atoms with Gasteiger partial charge in [-0.05, 0) is 44.7 Å². The molecule has 1 atom stereocenters. The van der Waals surface area contributed by atoms with Crippen LogP contribution in [0.2, 0.25) is 0 Å². The molecule has 2 aromatic rings. The Morgan fingerprint density at radius 2 is 1.59 bits per heavy atom. The summed E-state index contributed by atoms with van der Waals surface area (Å²) in [5.41, 5.74) is 5.93. The smallest absolute Gasteiger partial charge is 0.242 e. The van der Waals surface area contributed by atoms with Crippen LogP contribution in [0.1, 0.15) is 60.9 Å². The fraction of sp³-hybridized carbons (Fsp3) is 0.481. The Morgan fingerprint density at radius 3 is 2.19 bits per heavy atom. The molecular formula is C27H38N2O2S. The second kappa shape index (κ2) is 13.3. The van der Waals surface area contributed by atoms with E-state index in [-0.39, 0.29) is 11.8 Å². The molecule has 0 saturated carbocycles. The number of carbonyl (C=O) groups is 2. The minimum atomic E-state index is -0.456. The number of thioether (sulfide) groups is 1. The van der Waals surface area contributed by atoms with E-state index in [1.165, 1.54) is 22.3 Å². The topological polar surface area (TPSA) is 49.4 Å². The number of hydrogen-bond acceptors (Lipinski definition) is 3. The normalized spacial score (nSPS) is 11.8. The molecular weight excluding hydrogens is 416 g/mol. The number of carbonyl (C=O) groups excluding carboxylic acids is 2. The minimum Gasteiger partial charge on any atom is -0.354 e. The summed E-state index contributed by atoms with van der Waals surface area (Å²) in [7, 11) is 0. The van der Waals surface area contributed by atoms with Gasteiger partial charge in [-0.1, -0.05) is 79.4 Å². The molecule has 0 saturated heterocycles. The first-order chi connectivity index (χ1) is 15.3. The van der Waals surface area contributed by atoms with Crippen molar-refractivity contribution in [2.75, 3.05) is 12.3 Å². The van der Waals surface area contributed by atoms with Crippen molar-refractivity contribution in [3.05, 3.63) is 70.3 Å². The quantitative estimate of drug-likeness (QED) is 0.427. The van der Waals surface area contributed by atoms with Crippen molar-refractivity contribution < 1.29 is 9.59 Å². The summed E-state index contributed by atoms with van der Waals surface area (Å²) in [6, 6.07) is 14.2. The molecule has 4 nitrogen and oxygen atoms in total. The third kappa shape index (κ3) is 8.34. The van der Waals surface area contributed by atoms with Gasteiger partial charge >= 0.3 is 0 Å². The summed E-state index contributed by atoms with van der Waals surface area (Å²) >= 11 is 1.61. The van der Waals surface area contributed by atoms with Crippen LogP contribution in [-0.2, 0) is 21.9 Å². The number of rotatable bonds is 12. The Bertz CT molecular complexity index is 859. The first kappa shape index (κ1) is 26.0. The molecule has 0 spiro atoms. The van der Waals surface area contributed by atoms with E-state index in [2.05, 4.69) is 56.4 Å². The molecule has 0 aliphatic heterocycles. The number of nitrogens with one attached hydrogen (secondary N) is 1. The largest absolute Gasteiger partial charge is 0.354 e. The van der Waals surface area contributed by atoms with Gasteiger partial charge in [-0.15, -0.1) is 11.8 Å². The van der Waals surface area contributed by atoms with E-state index in [4.69, 9.17) is 0 Å². The summed E-state index contributed by atoms with van der Waals surface area (Å²) in [6.45, 7) is 11.4. The molecule has 2 rings (SSSR count). The fourth-order valence-electron chi connectivity index (χ4n) is 3.81. The Labute approximate surface area is 198 Å². The third-order valence-corrected chi connectivity index (χ3v) is 6.45. The molecule has 0 unspecified atom stereocenters. The number of unbranched alkanes of at least 4 members (excludes halogenated alkanes) is 1.